The number of hydrogen-bond acceptors (Lipinski definition) is 7. The molecule has 0 saturated carbocycles. The van der Waals surface area contributed by atoms with Crippen LogP contribution in [0.3, 0.4) is 0 Å². The summed E-state index contributed by atoms with van der Waals surface area (Å²) < 4.78 is 57.9. The maximum absolute atomic E-state index is 13.2. The Morgan fingerprint density at radius 2 is 1.62 bits per heavy atom. The lowest BCUT2D eigenvalue weighted by Gasteiger charge is -2.35. The van der Waals surface area contributed by atoms with Crippen LogP contribution in [0.4, 0.5) is 10.1 Å². The molecule has 0 radical (unpaired) electrons. The Labute approximate surface area is 197 Å². The quantitative estimate of drug-likeness (QED) is 0.638. The van der Waals surface area contributed by atoms with E-state index in [1.54, 1.807) is 17.0 Å². The Morgan fingerprint density at radius 3 is 2.32 bits per heavy atom. The van der Waals surface area contributed by atoms with Gasteiger partial charge in [-0.3, -0.25) is 4.79 Å². The third-order valence-corrected chi connectivity index (χ3v) is 8.14. The molecule has 9 nitrogen and oxygen atoms in total. The summed E-state index contributed by atoms with van der Waals surface area (Å²) in [6.07, 6.45) is -0.771. The van der Waals surface area contributed by atoms with Gasteiger partial charge in [-0.1, -0.05) is 0 Å². The molecule has 0 spiro atoms. The Morgan fingerprint density at radius 1 is 0.912 bits per heavy atom. The number of morpholine rings is 1. The van der Waals surface area contributed by atoms with E-state index in [4.69, 9.17) is 14.2 Å². The van der Waals surface area contributed by atoms with Crippen molar-refractivity contribution in [2.24, 2.45) is 0 Å². The molecule has 3 aliphatic rings. The molecule has 0 unspecified atom stereocenters. The number of carbonyl (C=O) groups excluding carboxylic acids is 1. The second-order valence-electron chi connectivity index (χ2n) is 8.33. The zero-order valence-electron chi connectivity index (χ0n) is 18.6. The van der Waals surface area contributed by atoms with Gasteiger partial charge in [0.05, 0.1) is 18.1 Å². The molecule has 5 rings (SSSR count). The van der Waals surface area contributed by atoms with Crippen molar-refractivity contribution < 1.29 is 31.8 Å². The topological polar surface area (TPSA) is 88.6 Å². The largest absolute Gasteiger partial charge is 0.485 e. The van der Waals surface area contributed by atoms with Crippen molar-refractivity contribution in [2.45, 2.75) is 11.0 Å². The number of carbonyl (C=O) groups is 1. The average molecular weight is 492 g/mol. The maximum atomic E-state index is 13.2. The summed E-state index contributed by atoms with van der Waals surface area (Å²) in [5.74, 6) is 0.181. The van der Waals surface area contributed by atoms with Crippen molar-refractivity contribution in [3.8, 4) is 11.5 Å². The highest BCUT2D eigenvalue weighted by Crippen LogP contribution is 2.35. The number of amides is 1. The van der Waals surface area contributed by atoms with Crippen LogP contribution in [0.25, 0.3) is 0 Å². The van der Waals surface area contributed by atoms with Gasteiger partial charge in [-0.25, -0.2) is 12.8 Å². The van der Waals surface area contributed by atoms with E-state index in [9.17, 15) is 17.6 Å². The summed E-state index contributed by atoms with van der Waals surface area (Å²) >= 11 is 0. The smallest absolute Gasteiger partial charge is 0.267 e. The van der Waals surface area contributed by atoms with Crippen molar-refractivity contribution in [2.75, 3.05) is 64.0 Å². The molecule has 2 aromatic rings. The van der Waals surface area contributed by atoms with Gasteiger partial charge in [0.15, 0.2) is 11.5 Å². The molecule has 2 fully saturated rings. The van der Waals surface area contributed by atoms with E-state index in [0.29, 0.717) is 64.0 Å². The van der Waals surface area contributed by atoms with Crippen LogP contribution in [0.2, 0.25) is 0 Å². The highest BCUT2D eigenvalue weighted by atomic mass is 32.2. The summed E-state index contributed by atoms with van der Waals surface area (Å²) in [5, 5.41) is 0. The Hall–Kier alpha value is -2.89. The second kappa shape index (κ2) is 9.40. The zero-order chi connectivity index (χ0) is 23.7. The van der Waals surface area contributed by atoms with Gasteiger partial charge in [0, 0.05) is 51.0 Å². The molecule has 11 heteroatoms. The first kappa shape index (κ1) is 22.9. The lowest BCUT2D eigenvalue weighted by molar-refractivity contribution is -0.145. The number of ether oxygens (including phenoxy) is 3. The van der Waals surface area contributed by atoms with Crippen molar-refractivity contribution in [1.29, 1.82) is 0 Å². The highest BCUT2D eigenvalue weighted by molar-refractivity contribution is 7.89. The first-order chi connectivity index (χ1) is 16.4. The number of piperazine rings is 1. The maximum Gasteiger partial charge on any atom is 0.267 e. The molecule has 0 N–H and O–H groups in total. The van der Waals surface area contributed by atoms with Crippen LogP contribution < -0.4 is 14.4 Å². The highest BCUT2D eigenvalue weighted by Gasteiger charge is 2.34. The predicted octanol–water partition coefficient (Wildman–Crippen LogP) is 1.34. The molecule has 3 aliphatic heterocycles. The van der Waals surface area contributed by atoms with Gasteiger partial charge in [0.25, 0.3) is 5.91 Å². The lowest BCUT2D eigenvalue weighted by Crippen LogP contribution is -2.50. The van der Waals surface area contributed by atoms with E-state index in [2.05, 4.69) is 0 Å². The summed E-state index contributed by atoms with van der Waals surface area (Å²) in [4.78, 5) is 16.5. The molecule has 0 bridgehead atoms. The fourth-order valence-electron chi connectivity index (χ4n) is 4.31. The van der Waals surface area contributed by atoms with Crippen molar-refractivity contribution >= 4 is 21.6 Å². The predicted molar refractivity (Wildman–Crippen MR) is 121 cm³/mol. The number of nitrogens with zero attached hydrogens (tertiary/aromatic N) is 3. The minimum Gasteiger partial charge on any atom is -0.485 e. The number of rotatable bonds is 4. The van der Waals surface area contributed by atoms with Gasteiger partial charge < -0.3 is 24.0 Å². The molecule has 2 saturated heterocycles. The lowest BCUT2D eigenvalue weighted by atomic mass is 10.2. The standard InChI is InChI=1S/C23H26FN3O6S/c24-17-1-3-18(4-2-17)25-7-9-27(10-8-25)34(29,30)19-5-6-20-21(15-19)32-16-22(33-20)23(28)26-11-13-31-14-12-26/h1-6,15,22H,7-14,16H2/t22-/m0/s1. The van der Waals surface area contributed by atoms with E-state index < -0.39 is 16.1 Å². The van der Waals surface area contributed by atoms with Gasteiger partial charge >= 0.3 is 0 Å². The summed E-state index contributed by atoms with van der Waals surface area (Å²) in [6.45, 7) is 3.65. The number of hydrogen-bond donors (Lipinski definition) is 0. The fourth-order valence-corrected chi connectivity index (χ4v) is 5.75. The van der Waals surface area contributed by atoms with Gasteiger partial charge in [-0.05, 0) is 36.4 Å². The van der Waals surface area contributed by atoms with Gasteiger partial charge in [0.2, 0.25) is 16.1 Å². The van der Waals surface area contributed by atoms with Crippen LogP contribution in [0, 0.1) is 5.82 Å². The van der Waals surface area contributed by atoms with Crippen molar-refractivity contribution in [1.82, 2.24) is 9.21 Å². The van der Waals surface area contributed by atoms with Crippen molar-refractivity contribution in [3.05, 3.63) is 48.3 Å². The molecule has 1 atom stereocenters. The van der Waals surface area contributed by atoms with E-state index in [-0.39, 0.29) is 23.2 Å². The van der Waals surface area contributed by atoms with Gasteiger partial charge in [0.1, 0.15) is 12.4 Å². The molecule has 182 valence electrons. The summed E-state index contributed by atoms with van der Waals surface area (Å²) in [6, 6.07) is 10.6. The molecular formula is C23H26FN3O6S. The number of anilines is 1. The SMILES string of the molecule is O=C([C@@H]1COc2cc(S(=O)(=O)N3CCN(c4ccc(F)cc4)CC3)ccc2O1)N1CCOCC1. The molecule has 2 aromatic carbocycles. The van der Waals surface area contributed by atoms with E-state index in [1.807, 2.05) is 4.90 Å². The number of halogens is 1. The molecule has 0 aliphatic carbocycles. The van der Waals surface area contributed by atoms with Crippen LogP contribution in [0.15, 0.2) is 47.4 Å². The van der Waals surface area contributed by atoms with Crippen LogP contribution in [0.1, 0.15) is 0 Å². The first-order valence-electron chi connectivity index (χ1n) is 11.2. The monoisotopic (exact) mass is 491 g/mol. The normalized spacial score (nSPS) is 21.4. The van der Waals surface area contributed by atoms with Crippen LogP contribution in [-0.4, -0.2) is 88.7 Å². The van der Waals surface area contributed by atoms with Gasteiger partial charge in [-0.2, -0.15) is 4.31 Å². The minimum absolute atomic E-state index is 0.0169. The Kier molecular flexibility index (Phi) is 6.32. The third kappa shape index (κ3) is 4.55. The summed E-state index contributed by atoms with van der Waals surface area (Å²) in [7, 11) is -3.73. The third-order valence-electron chi connectivity index (χ3n) is 6.24. The van der Waals surface area contributed by atoms with E-state index in [1.165, 1.54) is 34.6 Å². The van der Waals surface area contributed by atoms with Crippen LogP contribution >= 0.6 is 0 Å². The minimum atomic E-state index is -3.73. The molecule has 0 aromatic heterocycles. The van der Waals surface area contributed by atoms with Crippen LogP contribution in [-0.2, 0) is 19.6 Å². The zero-order valence-corrected chi connectivity index (χ0v) is 19.4. The molecule has 1 amide bonds. The second-order valence-corrected chi connectivity index (χ2v) is 10.3. The Bertz CT molecular complexity index is 1150. The van der Waals surface area contributed by atoms with Crippen LogP contribution in [0.5, 0.6) is 11.5 Å². The number of sulfonamides is 1. The molecular weight excluding hydrogens is 465 g/mol. The van der Waals surface area contributed by atoms with Gasteiger partial charge in [-0.15, -0.1) is 0 Å². The average Bonchev–Trinajstić information content (AvgIpc) is 2.88. The number of fused-ring (bicyclic) bond motifs is 1. The van der Waals surface area contributed by atoms with E-state index >= 15 is 0 Å². The number of benzene rings is 2. The molecule has 34 heavy (non-hydrogen) atoms. The Balaban J connectivity index is 1.24. The van der Waals surface area contributed by atoms with Crippen molar-refractivity contribution in [3.63, 3.8) is 0 Å². The summed E-state index contributed by atoms with van der Waals surface area (Å²) in [5.41, 5.74) is 0.860. The first-order valence-corrected chi connectivity index (χ1v) is 12.7. The fraction of sp³-hybridized carbons (Fsp3) is 0.435. The molecule has 3 heterocycles. The van der Waals surface area contributed by atoms with E-state index in [0.717, 1.165) is 5.69 Å².